The van der Waals surface area contributed by atoms with E-state index in [-0.39, 0.29) is 17.1 Å². The van der Waals surface area contributed by atoms with Crippen molar-refractivity contribution in [2.24, 2.45) is 17.6 Å². The molecule has 0 aromatic heterocycles. The maximum atomic E-state index is 12.6. The van der Waals surface area contributed by atoms with Crippen molar-refractivity contribution in [1.82, 2.24) is 10.5 Å². The second kappa shape index (κ2) is 9.21. The lowest BCUT2D eigenvalue weighted by Gasteiger charge is -2.27. The van der Waals surface area contributed by atoms with Crippen molar-refractivity contribution in [2.75, 3.05) is 0 Å². The van der Waals surface area contributed by atoms with Gasteiger partial charge in [-0.1, -0.05) is 49.8 Å². The van der Waals surface area contributed by atoms with Crippen molar-refractivity contribution >= 4 is 28.5 Å². The summed E-state index contributed by atoms with van der Waals surface area (Å²) in [5, 5.41) is 23.6. The van der Waals surface area contributed by atoms with Crippen LogP contribution in [0.5, 0.6) is 0 Å². The number of rotatable bonds is 9. The molecule has 0 saturated heterocycles. The fraction of sp³-hybridized carbons (Fsp3) is 0.571. The highest BCUT2D eigenvalue weighted by Crippen LogP contribution is 2.57. The molecular formula is C21H29IN3O3-. The van der Waals surface area contributed by atoms with Crippen LogP contribution in [0.15, 0.2) is 40.0 Å². The number of allylic oxidation sites excluding steroid dienone is 1. The molecule has 1 aromatic carbocycles. The molecule has 4 N–H and O–H groups in total. The molecule has 0 radical (unpaired) electrons. The number of halogens is 1. The van der Waals surface area contributed by atoms with Gasteiger partial charge in [0.05, 0.1) is 17.6 Å². The highest BCUT2D eigenvalue weighted by Gasteiger charge is 2.68. The average Bonchev–Trinajstić information content (AvgIpc) is 3.09. The lowest BCUT2D eigenvalue weighted by Crippen LogP contribution is -2.49. The smallest absolute Gasteiger partial charge is 0.237 e. The molecular weight excluding hydrogens is 469 g/mol. The van der Waals surface area contributed by atoms with E-state index < -0.39 is 17.6 Å². The second-order valence-electron chi connectivity index (χ2n) is 8.06. The van der Waals surface area contributed by atoms with E-state index in [2.05, 4.69) is 53.0 Å². The molecule has 5 atom stereocenters. The molecule has 0 bridgehead atoms. The predicted molar refractivity (Wildman–Crippen MR) is 118 cm³/mol. The summed E-state index contributed by atoms with van der Waals surface area (Å²) in [4.78, 5) is 12.6. The first-order valence-corrected chi connectivity index (χ1v) is 11.1. The Morgan fingerprint density at radius 2 is 2.21 bits per heavy atom. The first kappa shape index (κ1) is 21.7. The van der Waals surface area contributed by atoms with Gasteiger partial charge in [-0.3, -0.25) is 10.0 Å². The highest BCUT2D eigenvalue weighted by molar-refractivity contribution is 14.1. The van der Waals surface area contributed by atoms with Gasteiger partial charge in [-0.15, -0.1) is 0 Å². The van der Waals surface area contributed by atoms with Gasteiger partial charge in [-0.2, -0.15) is 0 Å². The Hall–Kier alpha value is -1.00. The quantitative estimate of drug-likeness (QED) is 0.357. The number of fused-ring (bicyclic) bond motifs is 1. The Morgan fingerprint density at radius 1 is 1.50 bits per heavy atom. The van der Waals surface area contributed by atoms with E-state index in [1.807, 2.05) is 18.2 Å². The van der Waals surface area contributed by atoms with Gasteiger partial charge in [0.15, 0.2) is 0 Å². The number of hydroxylamine groups is 2. The monoisotopic (exact) mass is 498 g/mol. The Labute approximate surface area is 180 Å². The highest BCUT2D eigenvalue weighted by atomic mass is 127. The minimum atomic E-state index is -0.659. The zero-order valence-corrected chi connectivity index (χ0v) is 18.3. The average molecular weight is 498 g/mol. The van der Waals surface area contributed by atoms with Crippen LogP contribution in [0.2, 0.25) is 0 Å². The molecule has 3 rings (SSSR count). The van der Waals surface area contributed by atoms with Crippen LogP contribution in [-0.4, -0.2) is 34.0 Å². The van der Waals surface area contributed by atoms with Crippen LogP contribution >= 0.6 is 22.6 Å². The number of carbonyl (C=O) groups excluding carboxylic acids is 1. The zero-order chi connectivity index (χ0) is 20.3. The van der Waals surface area contributed by atoms with Gasteiger partial charge in [-0.05, 0) is 63.3 Å². The number of hydrogen-bond acceptors (Lipinski definition) is 5. The fourth-order valence-corrected chi connectivity index (χ4v) is 5.61. The van der Waals surface area contributed by atoms with Gasteiger partial charge in [0.25, 0.3) is 0 Å². The molecule has 2 saturated carbocycles. The molecule has 4 unspecified atom stereocenters. The Bertz CT molecular complexity index is 712. The van der Waals surface area contributed by atoms with Crippen LogP contribution in [0.3, 0.4) is 0 Å². The number of carbonyl (C=O) groups is 1. The molecule has 2 aliphatic rings. The fourth-order valence-electron chi connectivity index (χ4n) is 4.63. The molecule has 0 heterocycles. The van der Waals surface area contributed by atoms with Crippen molar-refractivity contribution in [3.05, 3.63) is 50.8 Å². The van der Waals surface area contributed by atoms with E-state index >= 15 is 0 Å². The van der Waals surface area contributed by atoms with E-state index in [9.17, 15) is 15.2 Å². The minimum absolute atomic E-state index is 0.00865. The number of hydrogen-bond donors (Lipinski definition) is 3. The third-order valence-corrected chi connectivity index (χ3v) is 6.99. The van der Waals surface area contributed by atoms with Crippen molar-refractivity contribution in [2.45, 2.75) is 63.1 Å². The summed E-state index contributed by atoms with van der Waals surface area (Å²) in [5.74, 6) is 0.199. The van der Waals surface area contributed by atoms with Gasteiger partial charge in [0.2, 0.25) is 5.91 Å². The van der Waals surface area contributed by atoms with Gasteiger partial charge in [-0.25, -0.2) is 0 Å². The van der Waals surface area contributed by atoms with Crippen molar-refractivity contribution in [1.29, 1.82) is 0 Å². The SMILES string of the molecule is CCC(/C=C(\I)CC(N)C(=O)N[C@@]12CCCC1C2N([O-])O)Cc1ccccc1. The molecule has 6 nitrogen and oxygen atoms in total. The first-order valence-electron chi connectivity index (χ1n) is 10.0. The third-order valence-electron chi connectivity index (χ3n) is 6.19. The van der Waals surface area contributed by atoms with Crippen LogP contribution in [0.4, 0.5) is 0 Å². The molecule has 154 valence electrons. The predicted octanol–water partition coefficient (Wildman–Crippen LogP) is 3.52. The standard InChI is InChI=1S/C21H29IN3O3/c1-2-14(11-15-7-4-3-5-8-15)12-16(22)13-18(23)20(26)24-21-10-6-9-17(21)19(21)25(27)28/h3-5,7-8,12,14,17-19,27H,2,6,9-11,13,23H2,1H3,(H,24,26)/q-1/b16-12-/t14?,17?,18?,19?,21-/m0/s1. The van der Waals surface area contributed by atoms with Crippen molar-refractivity contribution in [3.8, 4) is 0 Å². The topological polar surface area (TPSA) is 102 Å². The Morgan fingerprint density at radius 3 is 2.82 bits per heavy atom. The third kappa shape index (κ3) is 4.76. The lowest BCUT2D eigenvalue weighted by atomic mass is 9.96. The number of nitrogens with one attached hydrogen (secondary N) is 1. The number of benzene rings is 1. The van der Waals surface area contributed by atoms with Crippen LogP contribution < -0.4 is 11.1 Å². The van der Waals surface area contributed by atoms with Crippen molar-refractivity contribution < 1.29 is 10.0 Å². The summed E-state index contributed by atoms with van der Waals surface area (Å²) in [6, 6.07) is 9.19. The van der Waals surface area contributed by atoms with Crippen LogP contribution in [0, 0.1) is 17.0 Å². The second-order valence-corrected chi connectivity index (χ2v) is 9.44. The normalized spacial score (nSPS) is 28.7. The molecule has 1 amide bonds. The molecule has 7 heteroatoms. The maximum Gasteiger partial charge on any atom is 0.237 e. The lowest BCUT2D eigenvalue weighted by molar-refractivity contribution is -0.124. The first-order chi connectivity index (χ1) is 13.4. The Kier molecular flexibility index (Phi) is 7.14. The van der Waals surface area contributed by atoms with Gasteiger partial charge in [0, 0.05) is 12.3 Å². The number of nitrogens with two attached hydrogens (primary N) is 1. The van der Waals surface area contributed by atoms with Crippen LogP contribution in [-0.2, 0) is 11.2 Å². The van der Waals surface area contributed by atoms with E-state index in [1.54, 1.807) is 0 Å². The summed E-state index contributed by atoms with van der Waals surface area (Å²) in [6.45, 7) is 2.16. The van der Waals surface area contributed by atoms with Crippen LogP contribution in [0.1, 0.15) is 44.6 Å². The van der Waals surface area contributed by atoms with E-state index in [0.29, 0.717) is 12.3 Å². The number of amides is 1. The van der Waals surface area contributed by atoms with E-state index in [1.165, 1.54) is 5.56 Å². The van der Waals surface area contributed by atoms with Crippen molar-refractivity contribution in [3.63, 3.8) is 0 Å². The summed E-state index contributed by atoms with van der Waals surface area (Å²) in [7, 11) is 0. The molecule has 0 aliphatic heterocycles. The zero-order valence-electron chi connectivity index (χ0n) is 16.2. The van der Waals surface area contributed by atoms with E-state index in [4.69, 9.17) is 5.73 Å². The summed E-state index contributed by atoms with van der Waals surface area (Å²) < 4.78 is 1.07. The number of nitrogens with zero attached hydrogens (tertiary/aromatic N) is 1. The van der Waals surface area contributed by atoms with Gasteiger partial charge >= 0.3 is 0 Å². The van der Waals surface area contributed by atoms with Gasteiger partial charge in [0.1, 0.15) is 0 Å². The summed E-state index contributed by atoms with van der Waals surface area (Å²) in [5.41, 5.74) is 6.87. The molecule has 2 fully saturated rings. The Balaban J connectivity index is 1.55. The minimum Gasteiger partial charge on any atom is -0.762 e. The summed E-state index contributed by atoms with van der Waals surface area (Å²) in [6.07, 6.45) is 7.21. The van der Waals surface area contributed by atoms with E-state index in [0.717, 1.165) is 35.7 Å². The molecule has 2 aliphatic carbocycles. The maximum absolute atomic E-state index is 12.6. The largest absolute Gasteiger partial charge is 0.762 e. The van der Waals surface area contributed by atoms with Gasteiger partial charge < -0.3 is 21.5 Å². The molecule has 0 spiro atoms. The molecule has 28 heavy (non-hydrogen) atoms. The molecule has 1 aromatic rings. The van der Waals surface area contributed by atoms with Crippen LogP contribution in [0.25, 0.3) is 0 Å². The summed E-state index contributed by atoms with van der Waals surface area (Å²) >= 11 is 2.27.